The summed E-state index contributed by atoms with van der Waals surface area (Å²) in [4.78, 5) is 14.7. The summed E-state index contributed by atoms with van der Waals surface area (Å²) in [5.74, 6) is 0.731. The molecule has 1 aliphatic heterocycles. The van der Waals surface area contributed by atoms with E-state index in [4.69, 9.17) is 9.97 Å². The Bertz CT molecular complexity index is 984. The SMILES string of the molecule is Cc1ccccc1CCN1CCCC(CN(C)Cc2nc3ccccc3nc2C)C1. The maximum atomic E-state index is 4.88. The van der Waals surface area contributed by atoms with Crippen LogP contribution >= 0.6 is 0 Å². The second kappa shape index (κ2) is 9.67. The molecule has 2 aromatic carbocycles. The zero-order chi connectivity index (χ0) is 20.9. The van der Waals surface area contributed by atoms with Crippen LogP contribution in [0, 0.1) is 19.8 Å². The van der Waals surface area contributed by atoms with E-state index < -0.39 is 0 Å². The van der Waals surface area contributed by atoms with Crippen molar-refractivity contribution < 1.29 is 0 Å². The van der Waals surface area contributed by atoms with Crippen LogP contribution in [0.5, 0.6) is 0 Å². The predicted octanol–water partition coefficient (Wildman–Crippen LogP) is 4.63. The minimum absolute atomic E-state index is 0.731. The molecular weight excluding hydrogens is 368 g/mol. The molecule has 1 saturated heterocycles. The van der Waals surface area contributed by atoms with Gasteiger partial charge < -0.3 is 9.80 Å². The second-order valence-corrected chi connectivity index (χ2v) is 8.93. The maximum absolute atomic E-state index is 4.88. The molecule has 1 unspecified atom stereocenters. The Morgan fingerprint density at radius 3 is 2.53 bits per heavy atom. The molecule has 0 spiro atoms. The first-order chi connectivity index (χ1) is 14.6. The molecule has 4 nitrogen and oxygen atoms in total. The lowest BCUT2D eigenvalue weighted by Gasteiger charge is -2.35. The normalized spacial score (nSPS) is 17.7. The van der Waals surface area contributed by atoms with Crippen molar-refractivity contribution in [3.8, 4) is 0 Å². The molecule has 0 aliphatic carbocycles. The number of rotatable bonds is 7. The van der Waals surface area contributed by atoms with Crippen molar-refractivity contribution in [2.75, 3.05) is 33.2 Å². The maximum Gasteiger partial charge on any atom is 0.0890 e. The third kappa shape index (κ3) is 5.24. The largest absolute Gasteiger partial charge is 0.303 e. The van der Waals surface area contributed by atoms with Crippen LogP contribution in [-0.4, -0.2) is 53.0 Å². The summed E-state index contributed by atoms with van der Waals surface area (Å²) in [6, 6.07) is 16.9. The molecule has 3 aromatic rings. The van der Waals surface area contributed by atoms with Gasteiger partial charge in [0, 0.05) is 26.2 Å². The number of piperidine rings is 1. The van der Waals surface area contributed by atoms with E-state index >= 15 is 0 Å². The summed E-state index contributed by atoms with van der Waals surface area (Å²) >= 11 is 0. The van der Waals surface area contributed by atoms with Crippen molar-refractivity contribution in [1.29, 1.82) is 0 Å². The lowest BCUT2D eigenvalue weighted by Crippen LogP contribution is -2.41. The van der Waals surface area contributed by atoms with Gasteiger partial charge in [-0.25, -0.2) is 9.97 Å². The molecule has 2 heterocycles. The van der Waals surface area contributed by atoms with Crippen molar-refractivity contribution in [3.63, 3.8) is 0 Å². The Hall–Kier alpha value is -2.30. The molecule has 0 saturated carbocycles. The van der Waals surface area contributed by atoms with E-state index in [1.165, 1.54) is 43.6 Å². The van der Waals surface area contributed by atoms with E-state index in [1.807, 2.05) is 18.2 Å². The highest BCUT2D eigenvalue weighted by Gasteiger charge is 2.21. The molecule has 1 aliphatic rings. The zero-order valence-electron chi connectivity index (χ0n) is 18.6. The molecule has 0 N–H and O–H groups in total. The van der Waals surface area contributed by atoms with Gasteiger partial charge in [0.15, 0.2) is 0 Å². The highest BCUT2D eigenvalue weighted by atomic mass is 15.2. The smallest absolute Gasteiger partial charge is 0.0890 e. The molecule has 158 valence electrons. The van der Waals surface area contributed by atoms with Crippen molar-refractivity contribution >= 4 is 11.0 Å². The van der Waals surface area contributed by atoms with E-state index in [-0.39, 0.29) is 0 Å². The molecule has 4 heteroatoms. The topological polar surface area (TPSA) is 32.3 Å². The predicted molar refractivity (Wildman–Crippen MR) is 125 cm³/mol. The van der Waals surface area contributed by atoms with Gasteiger partial charge in [-0.3, -0.25) is 0 Å². The molecule has 0 bridgehead atoms. The van der Waals surface area contributed by atoms with Crippen LogP contribution in [0.1, 0.15) is 35.4 Å². The molecule has 0 amide bonds. The highest BCUT2D eigenvalue weighted by molar-refractivity contribution is 5.74. The van der Waals surface area contributed by atoms with Crippen LogP contribution in [0.2, 0.25) is 0 Å². The average Bonchev–Trinajstić information content (AvgIpc) is 2.74. The minimum atomic E-state index is 0.731. The van der Waals surface area contributed by atoms with Gasteiger partial charge in [0.25, 0.3) is 0 Å². The summed E-state index contributed by atoms with van der Waals surface area (Å²) in [5, 5.41) is 0. The van der Waals surface area contributed by atoms with Gasteiger partial charge in [0.1, 0.15) is 0 Å². The number of hydrogen-bond donors (Lipinski definition) is 0. The fourth-order valence-electron chi connectivity index (χ4n) is 4.71. The van der Waals surface area contributed by atoms with Gasteiger partial charge in [-0.1, -0.05) is 36.4 Å². The summed E-state index contributed by atoms with van der Waals surface area (Å²) in [6.45, 7) is 9.90. The Morgan fingerprint density at radius 1 is 1.00 bits per heavy atom. The van der Waals surface area contributed by atoms with E-state index in [1.54, 1.807) is 0 Å². The number of aromatic nitrogens is 2. The molecule has 30 heavy (non-hydrogen) atoms. The van der Waals surface area contributed by atoms with E-state index in [0.717, 1.165) is 47.8 Å². The van der Waals surface area contributed by atoms with Crippen LogP contribution in [-0.2, 0) is 13.0 Å². The Labute approximate surface area is 181 Å². The minimum Gasteiger partial charge on any atom is -0.303 e. The molecular formula is C26H34N4. The van der Waals surface area contributed by atoms with Crippen LogP contribution in [0.4, 0.5) is 0 Å². The summed E-state index contributed by atoms with van der Waals surface area (Å²) in [7, 11) is 2.22. The fraction of sp³-hybridized carbons (Fsp3) is 0.462. The Morgan fingerprint density at radius 2 is 1.73 bits per heavy atom. The fourth-order valence-corrected chi connectivity index (χ4v) is 4.71. The summed E-state index contributed by atoms with van der Waals surface area (Å²) in [6.07, 6.45) is 3.79. The average molecular weight is 403 g/mol. The number of benzene rings is 2. The standard InChI is InChI=1S/C26H34N4/c1-20-9-4-5-11-23(20)14-16-30-15-8-10-22(18-30)17-29(3)19-26-21(2)27-24-12-6-7-13-25(24)28-26/h4-7,9,11-13,22H,8,10,14-19H2,1-3H3. The Balaban J connectivity index is 1.31. The lowest BCUT2D eigenvalue weighted by molar-refractivity contribution is 0.142. The summed E-state index contributed by atoms with van der Waals surface area (Å²) < 4.78 is 0. The van der Waals surface area contributed by atoms with Crippen molar-refractivity contribution in [1.82, 2.24) is 19.8 Å². The van der Waals surface area contributed by atoms with E-state index in [0.29, 0.717) is 0 Å². The van der Waals surface area contributed by atoms with Gasteiger partial charge in [-0.15, -0.1) is 0 Å². The lowest BCUT2D eigenvalue weighted by atomic mass is 9.96. The van der Waals surface area contributed by atoms with Gasteiger partial charge in [-0.05, 0) is 75.9 Å². The van der Waals surface area contributed by atoms with Crippen LogP contribution in [0.25, 0.3) is 11.0 Å². The first-order valence-electron chi connectivity index (χ1n) is 11.3. The number of nitrogens with zero attached hydrogens (tertiary/aromatic N) is 4. The number of para-hydroxylation sites is 2. The Kier molecular flexibility index (Phi) is 6.76. The van der Waals surface area contributed by atoms with E-state index in [9.17, 15) is 0 Å². The van der Waals surface area contributed by atoms with Crippen LogP contribution in [0.15, 0.2) is 48.5 Å². The van der Waals surface area contributed by atoms with Crippen molar-refractivity contribution in [2.24, 2.45) is 5.92 Å². The molecule has 1 aromatic heterocycles. The van der Waals surface area contributed by atoms with Crippen LogP contribution in [0.3, 0.4) is 0 Å². The van der Waals surface area contributed by atoms with Gasteiger partial charge in [-0.2, -0.15) is 0 Å². The van der Waals surface area contributed by atoms with Crippen molar-refractivity contribution in [3.05, 3.63) is 71.0 Å². The number of aryl methyl sites for hydroxylation is 2. The van der Waals surface area contributed by atoms with Gasteiger partial charge in [0.05, 0.1) is 22.4 Å². The monoisotopic (exact) mass is 402 g/mol. The zero-order valence-corrected chi connectivity index (χ0v) is 18.6. The molecule has 1 atom stereocenters. The third-order valence-electron chi connectivity index (χ3n) is 6.39. The number of hydrogen-bond acceptors (Lipinski definition) is 4. The van der Waals surface area contributed by atoms with Crippen molar-refractivity contribution in [2.45, 2.75) is 39.7 Å². The first-order valence-corrected chi connectivity index (χ1v) is 11.3. The second-order valence-electron chi connectivity index (χ2n) is 8.93. The quantitative estimate of drug-likeness (QED) is 0.577. The molecule has 1 fully saturated rings. The van der Waals surface area contributed by atoms with Crippen LogP contribution < -0.4 is 0 Å². The highest BCUT2D eigenvalue weighted by Crippen LogP contribution is 2.20. The van der Waals surface area contributed by atoms with Gasteiger partial charge >= 0.3 is 0 Å². The molecule has 0 radical (unpaired) electrons. The summed E-state index contributed by atoms with van der Waals surface area (Å²) in [5.41, 5.74) is 7.02. The van der Waals surface area contributed by atoms with Gasteiger partial charge in [0.2, 0.25) is 0 Å². The first kappa shape index (κ1) is 21.0. The number of fused-ring (bicyclic) bond motifs is 1. The number of likely N-dealkylation sites (tertiary alicyclic amines) is 1. The van der Waals surface area contributed by atoms with E-state index in [2.05, 4.69) is 61.0 Å². The third-order valence-corrected chi connectivity index (χ3v) is 6.39. The molecule has 4 rings (SSSR count).